The molecule has 0 radical (unpaired) electrons. The molecule has 1 aliphatic rings. The summed E-state index contributed by atoms with van der Waals surface area (Å²) in [6.45, 7) is 7.71. The summed E-state index contributed by atoms with van der Waals surface area (Å²) in [6.07, 6.45) is 1.16. The summed E-state index contributed by atoms with van der Waals surface area (Å²) in [5.41, 5.74) is 0. The number of morpholine rings is 1. The molecule has 13 heavy (non-hydrogen) atoms. The van der Waals surface area contributed by atoms with Gasteiger partial charge in [-0.2, -0.15) is 5.26 Å². The average Bonchev–Trinajstić information content (AvgIpc) is 2.15. The van der Waals surface area contributed by atoms with E-state index in [2.05, 4.69) is 24.8 Å². The zero-order valence-electron chi connectivity index (χ0n) is 8.49. The molecule has 1 heterocycles. The van der Waals surface area contributed by atoms with Gasteiger partial charge in [-0.3, -0.25) is 4.90 Å². The molecule has 1 aliphatic heterocycles. The van der Waals surface area contributed by atoms with Crippen LogP contribution in [0.15, 0.2) is 0 Å². The third-order valence-electron chi connectivity index (χ3n) is 2.38. The monoisotopic (exact) mass is 182 g/mol. The van der Waals surface area contributed by atoms with Crippen LogP contribution in [0.3, 0.4) is 0 Å². The molecule has 0 aliphatic carbocycles. The lowest BCUT2D eigenvalue weighted by Gasteiger charge is -2.31. The van der Waals surface area contributed by atoms with Crippen LogP contribution in [0.5, 0.6) is 0 Å². The Labute approximate surface area is 80.3 Å². The minimum Gasteiger partial charge on any atom is -0.377 e. The Bertz CT molecular complexity index is 186. The van der Waals surface area contributed by atoms with E-state index in [1.807, 2.05) is 0 Å². The van der Waals surface area contributed by atoms with Gasteiger partial charge in [-0.1, -0.05) is 13.8 Å². The lowest BCUT2D eigenvalue weighted by atomic mass is 10.1. The van der Waals surface area contributed by atoms with Gasteiger partial charge in [-0.25, -0.2) is 0 Å². The molecule has 74 valence electrons. The summed E-state index contributed by atoms with van der Waals surface area (Å²) in [6, 6.07) is 2.26. The predicted octanol–water partition coefficient (Wildman–Crippen LogP) is 1.26. The molecular weight excluding hydrogens is 164 g/mol. The molecular formula is C10H18N2O. The normalized spacial score (nSPS) is 24.6. The molecule has 0 saturated carbocycles. The highest BCUT2D eigenvalue weighted by molar-refractivity contribution is 4.93. The maximum atomic E-state index is 8.86. The number of hydrogen-bond donors (Lipinski definition) is 0. The third-order valence-corrected chi connectivity index (χ3v) is 2.38. The minimum absolute atomic E-state index is 0.0208. The highest BCUT2D eigenvalue weighted by Gasteiger charge is 2.21. The highest BCUT2D eigenvalue weighted by Crippen LogP contribution is 2.09. The number of ether oxygens (including phenoxy) is 1. The Morgan fingerprint density at radius 2 is 2.38 bits per heavy atom. The fourth-order valence-electron chi connectivity index (χ4n) is 1.45. The van der Waals surface area contributed by atoms with E-state index in [0.717, 1.165) is 26.1 Å². The standard InChI is InChI=1S/C10H18N2O/c1-9(2)3-4-12-5-6-13-8-10(12)7-11/h9-10H,3-6,8H2,1-2H3. The van der Waals surface area contributed by atoms with Crippen molar-refractivity contribution < 1.29 is 4.74 Å². The molecule has 0 N–H and O–H groups in total. The van der Waals surface area contributed by atoms with E-state index >= 15 is 0 Å². The van der Waals surface area contributed by atoms with Gasteiger partial charge in [-0.15, -0.1) is 0 Å². The van der Waals surface area contributed by atoms with Crippen molar-refractivity contribution in [1.29, 1.82) is 5.26 Å². The zero-order valence-corrected chi connectivity index (χ0v) is 8.49. The smallest absolute Gasteiger partial charge is 0.121 e. The van der Waals surface area contributed by atoms with Crippen LogP contribution in [0.4, 0.5) is 0 Å². The molecule has 0 aromatic carbocycles. The van der Waals surface area contributed by atoms with E-state index < -0.39 is 0 Å². The van der Waals surface area contributed by atoms with E-state index in [4.69, 9.17) is 10.00 Å². The molecule has 1 fully saturated rings. The van der Waals surface area contributed by atoms with Gasteiger partial charge < -0.3 is 4.74 Å². The lowest BCUT2D eigenvalue weighted by molar-refractivity contribution is 0.0111. The van der Waals surface area contributed by atoms with Crippen molar-refractivity contribution in [3.8, 4) is 6.07 Å². The van der Waals surface area contributed by atoms with Crippen molar-refractivity contribution in [3.63, 3.8) is 0 Å². The number of nitrogens with zero attached hydrogens (tertiary/aromatic N) is 2. The number of rotatable bonds is 3. The van der Waals surface area contributed by atoms with Crippen LogP contribution in [-0.2, 0) is 4.74 Å². The minimum atomic E-state index is -0.0208. The van der Waals surface area contributed by atoms with Crippen LogP contribution >= 0.6 is 0 Å². The van der Waals surface area contributed by atoms with Gasteiger partial charge in [0.25, 0.3) is 0 Å². The van der Waals surface area contributed by atoms with Gasteiger partial charge in [0, 0.05) is 6.54 Å². The first-order valence-corrected chi connectivity index (χ1v) is 4.95. The average molecular weight is 182 g/mol. The van der Waals surface area contributed by atoms with Gasteiger partial charge in [0.15, 0.2) is 0 Å². The third kappa shape index (κ3) is 3.33. The van der Waals surface area contributed by atoms with Crippen molar-refractivity contribution in [2.24, 2.45) is 5.92 Å². The predicted molar refractivity (Wildman–Crippen MR) is 51.2 cm³/mol. The zero-order chi connectivity index (χ0) is 9.68. The van der Waals surface area contributed by atoms with Crippen LogP contribution in [0.25, 0.3) is 0 Å². The molecule has 0 spiro atoms. The molecule has 1 unspecified atom stereocenters. The first-order chi connectivity index (χ1) is 6.24. The van der Waals surface area contributed by atoms with Crippen molar-refractivity contribution in [3.05, 3.63) is 0 Å². The molecule has 0 amide bonds. The highest BCUT2D eigenvalue weighted by atomic mass is 16.5. The van der Waals surface area contributed by atoms with Gasteiger partial charge in [0.1, 0.15) is 6.04 Å². The van der Waals surface area contributed by atoms with Gasteiger partial charge in [-0.05, 0) is 18.9 Å². The molecule has 1 atom stereocenters. The number of nitriles is 1. The molecule has 0 aromatic rings. The maximum Gasteiger partial charge on any atom is 0.121 e. The van der Waals surface area contributed by atoms with Gasteiger partial charge in [0.2, 0.25) is 0 Å². The second kappa shape index (κ2) is 5.21. The summed E-state index contributed by atoms with van der Waals surface area (Å²) in [5, 5.41) is 8.86. The lowest BCUT2D eigenvalue weighted by Crippen LogP contribution is -2.45. The molecule has 3 nitrogen and oxygen atoms in total. The van der Waals surface area contributed by atoms with Gasteiger partial charge >= 0.3 is 0 Å². The Hall–Kier alpha value is -0.590. The SMILES string of the molecule is CC(C)CCN1CCOCC1C#N. The summed E-state index contributed by atoms with van der Waals surface area (Å²) in [4.78, 5) is 2.23. The Balaban J connectivity index is 2.33. The Morgan fingerprint density at radius 3 is 3.00 bits per heavy atom. The summed E-state index contributed by atoms with van der Waals surface area (Å²) in [5.74, 6) is 0.710. The fourth-order valence-corrected chi connectivity index (χ4v) is 1.45. The van der Waals surface area contributed by atoms with E-state index in [0.29, 0.717) is 12.5 Å². The van der Waals surface area contributed by atoms with Gasteiger partial charge in [0.05, 0.1) is 19.3 Å². The Morgan fingerprint density at radius 1 is 1.62 bits per heavy atom. The first kappa shape index (κ1) is 10.5. The van der Waals surface area contributed by atoms with Crippen molar-refractivity contribution >= 4 is 0 Å². The molecule has 3 heteroatoms. The van der Waals surface area contributed by atoms with Crippen LogP contribution in [-0.4, -0.2) is 37.2 Å². The number of hydrogen-bond acceptors (Lipinski definition) is 3. The summed E-state index contributed by atoms with van der Waals surface area (Å²) in [7, 11) is 0. The molecule has 0 aromatic heterocycles. The quantitative estimate of drug-likeness (QED) is 0.659. The van der Waals surface area contributed by atoms with Crippen LogP contribution < -0.4 is 0 Å². The summed E-state index contributed by atoms with van der Waals surface area (Å²) < 4.78 is 5.25. The van der Waals surface area contributed by atoms with Crippen LogP contribution in [0.2, 0.25) is 0 Å². The van der Waals surface area contributed by atoms with Crippen molar-refractivity contribution in [2.75, 3.05) is 26.3 Å². The van der Waals surface area contributed by atoms with E-state index in [-0.39, 0.29) is 6.04 Å². The van der Waals surface area contributed by atoms with Crippen LogP contribution in [0.1, 0.15) is 20.3 Å². The van der Waals surface area contributed by atoms with Crippen molar-refractivity contribution in [2.45, 2.75) is 26.3 Å². The van der Waals surface area contributed by atoms with Crippen molar-refractivity contribution in [1.82, 2.24) is 4.90 Å². The molecule has 1 rings (SSSR count). The summed E-state index contributed by atoms with van der Waals surface area (Å²) >= 11 is 0. The maximum absolute atomic E-state index is 8.86. The second-order valence-electron chi connectivity index (χ2n) is 3.94. The van der Waals surface area contributed by atoms with E-state index in [1.165, 1.54) is 0 Å². The topological polar surface area (TPSA) is 36.3 Å². The fraction of sp³-hybridized carbons (Fsp3) is 0.900. The van der Waals surface area contributed by atoms with E-state index in [1.54, 1.807) is 0 Å². The largest absolute Gasteiger partial charge is 0.377 e. The van der Waals surface area contributed by atoms with E-state index in [9.17, 15) is 0 Å². The molecule has 0 bridgehead atoms. The first-order valence-electron chi connectivity index (χ1n) is 4.95. The molecule has 1 saturated heterocycles. The van der Waals surface area contributed by atoms with Crippen LogP contribution in [0, 0.1) is 17.2 Å². The second-order valence-corrected chi connectivity index (χ2v) is 3.94. The Kier molecular flexibility index (Phi) is 4.20.